The van der Waals surface area contributed by atoms with E-state index in [9.17, 15) is 0 Å². The molecule has 1 aliphatic rings. The highest BCUT2D eigenvalue weighted by Crippen LogP contribution is 2.39. The van der Waals surface area contributed by atoms with Gasteiger partial charge in [-0.2, -0.15) is 0 Å². The summed E-state index contributed by atoms with van der Waals surface area (Å²) < 4.78 is 1.18. The van der Waals surface area contributed by atoms with Crippen LogP contribution in [0.25, 0.3) is 0 Å². The summed E-state index contributed by atoms with van der Waals surface area (Å²) in [7, 11) is 0. The maximum atomic E-state index is 6.06. The van der Waals surface area contributed by atoms with E-state index in [2.05, 4.69) is 41.1 Å². The number of halogens is 1. The zero-order valence-corrected chi connectivity index (χ0v) is 11.5. The van der Waals surface area contributed by atoms with Gasteiger partial charge in [0.15, 0.2) is 0 Å². The summed E-state index contributed by atoms with van der Waals surface area (Å²) in [6, 6.07) is 6.73. The second kappa shape index (κ2) is 4.89. The number of nitrogens with two attached hydrogens (primary N) is 1. The summed E-state index contributed by atoms with van der Waals surface area (Å²) in [4.78, 5) is 0. The molecule has 1 aromatic carbocycles. The molecule has 1 nitrogen and oxygen atoms in total. The van der Waals surface area contributed by atoms with Gasteiger partial charge in [-0.05, 0) is 43.0 Å². The molecule has 2 rings (SSSR count). The largest absolute Gasteiger partial charge is 0.330 e. The second-order valence-electron chi connectivity index (χ2n) is 5.06. The van der Waals surface area contributed by atoms with Crippen LogP contribution in [0.4, 0.5) is 0 Å². The molecule has 1 aromatic rings. The van der Waals surface area contributed by atoms with Gasteiger partial charge in [0.2, 0.25) is 0 Å². The van der Waals surface area contributed by atoms with Crippen LogP contribution in [0.2, 0.25) is 0 Å². The molecule has 0 bridgehead atoms. The van der Waals surface area contributed by atoms with Gasteiger partial charge in [-0.3, -0.25) is 0 Å². The Bertz CT molecular complexity index is 347. The minimum atomic E-state index is 0.243. The molecule has 16 heavy (non-hydrogen) atoms. The summed E-state index contributed by atoms with van der Waals surface area (Å²) in [6.45, 7) is 2.93. The van der Waals surface area contributed by atoms with Crippen molar-refractivity contribution in [2.45, 2.75) is 44.4 Å². The van der Waals surface area contributed by atoms with Crippen molar-refractivity contribution in [3.63, 3.8) is 0 Å². The molecule has 2 N–H and O–H groups in total. The molecule has 0 heterocycles. The van der Waals surface area contributed by atoms with Crippen LogP contribution in [-0.2, 0) is 5.41 Å². The van der Waals surface area contributed by atoms with Crippen molar-refractivity contribution in [3.8, 4) is 0 Å². The van der Waals surface area contributed by atoms with Crippen molar-refractivity contribution in [2.75, 3.05) is 6.54 Å². The molecule has 0 saturated heterocycles. The summed E-state index contributed by atoms with van der Waals surface area (Å²) in [5, 5.41) is 0. The zero-order chi connectivity index (χ0) is 11.6. The van der Waals surface area contributed by atoms with E-state index in [4.69, 9.17) is 5.73 Å². The highest BCUT2D eigenvalue weighted by Gasteiger charge is 2.32. The Kier molecular flexibility index (Phi) is 3.70. The lowest BCUT2D eigenvalue weighted by molar-refractivity contribution is 0.300. The van der Waals surface area contributed by atoms with Crippen molar-refractivity contribution in [1.82, 2.24) is 0 Å². The quantitative estimate of drug-likeness (QED) is 0.874. The van der Waals surface area contributed by atoms with Gasteiger partial charge in [-0.15, -0.1) is 0 Å². The SMILES string of the molecule is Cc1cc(Br)cc(C2(CN)CCCCC2)c1. The average molecular weight is 282 g/mol. The Labute approximate surface area is 107 Å². The Balaban J connectivity index is 2.38. The third kappa shape index (κ3) is 2.33. The van der Waals surface area contributed by atoms with Crippen LogP contribution in [0.5, 0.6) is 0 Å². The fraction of sp³-hybridized carbons (Fsp3) is 0.571. The van der Waals surface area contributed by atoms with E-state index in [1.165, 1.54) is 47.7 Å². The molecule has 1 fully saturated rings. The molecule has 1 aliphatic carbocycles. The number of hydrogen-bond acceptors (Lipinski definition) is 1. The van der Waals surface area contributed by atoms with Gasteiger partial charge in [0.25, 0.3) is 0 Å². The smallest absolute Gasteiger partial charge is 0.0180 e. The number of rotatable bonds is 2. The van der Waals surface area contributed by atoms with Gasteiger partial charge in [-0.25, -0.2) is 0 Å². The molecule has 2 heteroatoms. The standard InChI is InChI=1S/C14H20BrN/c1-11-7-12(9-13(15)8-11)14(10-16)5-3-2-4-6-14/h7-9H,2-6,10,16H2,1H3. The fourth-order valence-electron chi connectivity index (χ4n) is 2.88. The Morgan fingerprint density at radius 2 is 1.88 bits per heavy atom. The van der Waals surface area contributed by atoms with E-state index in [0.29, 0.717) is 0 Å². The average Bonchev–Trinajstić information content (AvgIpc) is 2.28. The van der Waals surface area contributed by atoms with Gasteiger partial charge in [0, 0.05) is 16.4 Å². The van der Waals surface area contributed by atoms with Gasteiger partial charge in [0.1, 0.15) is 0 Å². The van der Waals surface area contributed by atoms with Gasteiger partial charge < -0.3 is 5.73 Å². The van der Waals surface area contributed by atoms with Crippen LogP contribution >= 0.6 is 15.9 Å². The van der Waals surface area contributed by atoms with E-state index in [0.717, 1.165) is 6.54 Å². The van der Waals surface area contributed by atoms with E-state index in [1.54, 1.807) is 0 Å². The Morgan fingerprint density at radius 3 is 2.44 bits per heavy atom. The van der Waals surface area contributed by atoms with Crippen molar-refractivity contribution >= 4 is 15.9 Å². The second-order valence-corrected chi connectivity index (χ2v) is 5.98. The highest BCUT2D eigenvalue weighted by molar-refractivity contribution is 9.10. The van der Waals surface area contributed by atoms with E-state index in [-0.39, 0.29) is 5.41 Å². The predicted octanol–water partition coefficient (Wildman–Crippen LogP) is 3.92. The molecule has 1 saturated carbocycles. The van der Waals surface area contributed by atoms with Crippen LogP contribution in [0.15, 0.2) is 22.7 Å². The van der Waals surface area contributed by atoms with Crippen LogP contribution in [0.1, 0.15) is 43.2 Å². The van der Waals surface area contributed by atoms with Crippen LogP contribution < -0.4 is 5.73 Å². The maximum absolute atomic E-state index is 6.06. The van der Waals surface area contributed by atoms with Crippen LogP contribution in [0, 0.1) is 6.92 Å². The van der Waals surface area contributed by atoms with Crippen LogP contribution in [0.3, 0.4) is 0 Å². The Morgan fingerprint density at radius 1 is 1.19 bits per heavy atom. The monoisotopic (exact) mass is 281 g/mol. The third-order valence-electron chi connectivity index (χ3n) is 3.86. The third-order valence-corrected chi connectivity index (χ3v) is 4.31. The first-order chi connectivity index (χ1) is 7.66. The molecule has 88 valence electrons. The number of aryl methyl sites for hydroxylation is 1. The lowest BCUT2D eigenvalue weighted by Crippen LogP contribution is -2.37. The lowest BCUT2D eigenvalue weighted by atomic mass is 9.69. The molecule has 0 unspecified atom stereocenters. The molecule has 0 radical (unpaired) electrons. The minimum absolute atomic E-state index is 0.243. The maximum Gasteiger partial charge on any atom is 0.0180 e. The summed E-state index contributed by atoms with van der Waals surface area (Å²) >= 11 is 3.59. The highest BCUT2D eigenvalue weighted by atomic mass is 79.9. The Hall–Kier alpha value is -0.340. The molecular weight excluding hydrogens is 262 g/mol. The molecule has 0 amide bonds. The summed E-state index contributed by atoms with van der Waals surface area (Å²) in [5.41, 5.74) is 9.05. The van der Waals surface area contributed by atoms with Crippen LogP contribution in [-0.4, -0.2) is 6.54 Å². The van der Waals surface area contributed by atoms with E-state index < -0.39 is 0 Å². The normalized spacial score (nSPS) is 19.7. The first-order valence-electron chi connectivity index (χ1n) is 6.14. The molecule has 0 aromatic heterocycles. The summed E-state index contributed by atoms with van der Waals surface area (Å²) in [6.07, 6.45) is 6.51. The number of benzene rings is 1. The van der Waals surface area contributed by atoms with Gasteiger partial charge in [-0.1, -0.05) is 41.3 Å². The molecular formula is C14H20BrN. The van der Waals surface area contributed by atoms with Crippen molar-refractivity contribution < 1.29 is 0 Å². The van der Waals surface area contributed by atoms with E-state index >= 15 is 0 Å². The van der Waals surface area contributed by atoms with Crippen molar-refractivity contribution in [3.05, 3.63) is 33.8 Å². The minimum Gasteiger partial charge on any atom is -0.330 e. The van der Waals surface area contributed by atoms with Crippen molar-refractivity contribution in [1.29, 1.82) is 0 Å². The van der Waals surface area contributed by atoms with E-state index in [1.807, 2.05) is 0 Å². The number of hydrogen-bond donors (Lipinski definition) is 1. The molecule has 0 atom stereocenters. The van der Waals surface area contributed by atoms with Gasteiger partial charge >= 0.3 is 0 Å². The fourth-order valence-corrected chi connectivity index (χ4v) is 3.49. The predicted molar refractivity (Wildman–Crippen MR) is 72.7 cm³/mol. The first kappa shape index (κ1) is 12.1. The topological polar surface area (TPSA) is 26.0 Å². The van der Waals surface area contributed by atoms with Gasteiger partial charge in [0.05, 0.1) is 0 Å². The lowest BCUT2D eigenvalue weighted by Gasteiger charge is -2.37. The molecule has 0 spiro atoms. The molecule has 0 aliphatic heterocycles. The zero-order valence-electron chi connectivity index (χ0n) is 9.93. The first-order valence-corrected chi connectivity index (χ1v) is 6.93. The van der Waals surface area contributed by atoms with Crippen molar-refractivity contribution in [2.24, 2.45) is 5.73 Å². The summed E-state index contributed by atoms with van der Waals surface area (Å²) in [5.74, 6) is 0.